The summed E-state index contributed by atoms with van der Waals surface area (Å²) in [6.45, 7) is 14.9. The number of hydrogen-bond donors (Lipinski definition) is 4. The number of carbonyl (C=O) groups excluding carboxylic acids is 1. The van der Waals surface area contributed by atoms with Gasteiger partial charge in [0.15, 0.2) is 23.8 Å². The zero-order valence-corrected chi connectivity index (χ0v) is 70.5. The SMILES string of the molecule is C.C.C.C.C.C=C=C[C@]1(O)C(OP(P)P)O[C@H](COP)C1OC.C=C=C[C@]1(OP(P)PP)C(OP(P)P)O[C@H](COP)C1OC.COC1C(=O)C(OP(P)P)O[C@@H]1COP.[B][C@@H]1O[C@H](CO)C(O)[C@]1(O)C=C=C.[B][C@@H]1O[C@H](COP)C(OC)[C@@]1(C=C=C)OP(P)PP. The predicted molar refractivity (Wildman–Crippen MR) is 436 cm³/mol. The molecule has 92 heavy (non-hydrogen) atoms. The van der Waals surface area contributed by atoms with Crippen molar-refractivity contribution in [2.45, 2.75) is 151 Å². The van der Waals surface area contributed by atoms with E-state index >= 15 is 0 Å². The highest BCUT2D eigenvalue weighted by Gasteiger charge is 2.60. The molecule has 37 atom stereocenters. The molecule has 0 aromatic rings. The zero-order valence-electron chi connectivity index (χ0n) is 47.9. The lowest BCUT2D eigenvalue weighted by atomic mass is 9.80. The van der Waals surface area contributed by atoms with Crippen molar-refractivity contribution in [3.05, 3.63) is 73.5 Å². The van der Waals surface area contributed by atoms with E-state index in [4.69, 9.17) is 104 Å². The van der Waals surface area contributed by atoms with E-state index in [-0.39, 0.29) is 80.5 Å². The maximum Gasteiger partial charge on any atom is 0.225 e. The molecule has 5 heterocycles. The monoisotopic (exact) mass is 1700 g/mol. The van der Waals surface area contributed by atoms with Gasteiger partial charge < -0.3 is 104 Å². The van der Waals surface area contributed by atoms with E-state index < -0.39 is 134 Å². The predicted octanol–water partition coefficient (Wildman–Crippen LogP) is 10.7. The third kappa shape index (κ3) is 31.5. The summed E-state index contributed by atoms with van der Waals surface area (Å²) in [6, 6.07) is -1.72. The van der Waals surface area contributed by atoms with Crippen molar-refractivity contribution in [1.82, 2.24) is 0 Å². The van der Waals surface area contributed by atoms with Gasteiger partial charge in [-0.3, -0.25) is 4.79 Å². The third-order valence-electron chi connectivity index (χ3n) is 12.2. The Morgan fingerprint density at radius 3 is 1.29 bits per heavy atom. The molecule has 0 spiro atoms. The van der Waals surface area contributed by atoms with Gasteiger partial charge in [0.2, 0.25) is 12.1 Å². The van der Waals surface area contributed by atoms with Gasteiger partial charge >= 0.3 is 0 Å². The fourth-order valence-corrected chi connectivity index (χ4v) is 17.3. The molecule has 4 N–H and O–H groups in total. The summed E-state index contributed by atoms with van der Waals surface area (Å²) in [7, 11) is 49.5. The van der Waals surface area contributed by atoms with Crippen LogP contribution in [0.25, 0.3) is 0 Å². The highest BCUT2D eigenvalue weighted by Crippen LogP contribution is 2.71. The maximum absolute atomic E-state index is 11.7. The van der Waals surface area contributed by atoms with Gasteiger partial charge in [-0.1, -0.05) is 135 Å². The van der Waals surface area contributed by atoms with Crippen molar-refractivity contribution in [2.24, 2.45) is 0 Å². The quantitative estimate of drug-likeness (QED) is 0.0308. The highest BCUT2D eigenvalue weighted by atomic mass is 32.6. The molecule has 5 aliphatic rings. The Morgan fingerprint density at radius 2 is 0.902 bits per heavy atom. The Morgan fingerprint density at radius 1 is 0.533 bits per heavy atom. The molecule has 23 nitrogen and oxygen atoms in total. The molecule has 0 amide bonds. The number of methoxy groups -OCH3 is 4. The van der Waals surface area contributed by atoms with Gasteiger partial charge in [0.25, 0.3) is 0 Å². The van der Waals surface area contributed by atoms with Crippen molar-refractivity contribution < 1.29 is 109 Å². The molecule has 46 heteroatoms. The molecule has 536 valence electrons. The number of rotatable bonds is 29. The second-order valence-corrected chi connectivity index (χ2v) is 53.2. The molecular formula is C46H103B2O23P21. The molecule has 5 aliphatic heterocycles. The van der Waals surface area contributed by atoms with Gasteiger partial charge in [-0.2, -0.15) is 0 Å². The highest BCUT2D eigenvalue weighted by molar-refractivity contribution is 8.60. The van der Waals surface area contributed by atoms with Crippen LogP contribution < -0.4 is 0 Å². The van der Waals surface area contributed by atoms with Crippen molar-refractivity contribution >= 4 is 202 Å². The van der Waals surface area contributed by atoms with Crippen LogP contribution in [0.15, 0.2) is 73.5 Å². The first kappa shape index (κ1) is 107. The first-order chi connectivity index (χ1) is 41.1. The third-order valence-corrected chi connectivity index (χ3v) is 33.3. The van der Waals surface area contributed by atoms with Crippen LogP contribution in [-0.2, 0) is 88.1 Å². The summed E-state index contributed by atoms with van der Waals surface area (Å²) < 4.78 is 98.5. The summed E-state index contributed by atoms with van der Waals surface area (Å²) in [5.74, 6) is -0.193. The second-order valence-electron chi connectivity index (χ2n) is 17.6. The topological polar surface area (TPSA) is 264 Å². The number of hydrogen-bond acceptors (Lipinski definition) is 23. The minimum absolute atomic E-state index is 0. The molecule has 0 aromatic heterocycles. The van der Waals surface area contributed by atoms with E-state index in [2.05, 4.69) is 176 Å². The molecule has 5 saturated heterocycles. The van der Waals surface area contributed by atoms with Gasteiger partial charge in [-0.25, -0.2) is 0 Å². The number of Topliss-reactive ketones (excluding diaryl/α,β-unsaturated/α-hetero) is 1. The number of ether oxygens (including phenoxy) is 9. The van der Waals surface area contributed by atoms with Crippen LogP contribution in [-0.4, -0.2) is 218 Å². The van der Waals surface area contributed by atoms with Crippen molar-refractivity contribution in [3.63, 3.8) is 0 Å². The normalized spacial score (nSPS) is 34.0. The van der Waals surface area contributed by atoms with Crippen LogP contribution in [0, 0.1) is 0 Å². The first-order valence-corrected chi connectivity index (χ1v) is 52.8. The van der Waals surface area contributed by atoms with Crippen LogP contribution in [0.4, 0.5) is 0 Å². The Labute approximate surface area is 593 Å². The first-order valence-electron chi connectivity index (χ1n) is 24.4. The summed E-state index contributed by atoms with van der Waals surface area (Å²) in [5, 5.41) is 38.7. The van der Waals surface area contributed by atoms with Crippen LogP contribution in [0.1, 0.15) is 37.1 Å². The number of aliphatic hydroxyl groups excluding tert-OH is 2. The summed E-state index contributed by atoms with van der Waals surface area (Å²) in [4.78, 5) is 11.7. The van der Waals surface area contributed by atoms with Gasteiger partial charge in [-0.05, 0) is 40.2 Å². The molecule has 4 radical (unpaired) electrons. The van der Waals surface area contributed by atoms with Crippen LogP contribution in [0.5, 0.6) is 0 Å². The molecule has 0 saturated carbocycles. The summed E-state index contributed by atoms with van der Waals surface area (Å²) in [5.41, 5.74) is 5.51. The fraction of sp³-hybridized carbons (Fsp3) is 0.717. The number of aliphatic hydroxyl groups is 4. The molecule has 5 rings (SSSR count). The number of carbonyl (C=O) groups is 1. The van der Waals surface area contributed by atoms with E-state index in [0.717, 1.165) is 6.08 Å². The van der Waals surface area contributed by atoms with E-state index in [0.29, 0.717) is 29.1 Å². The Bertz CT molecular complexity index is 2210. The van der Waals surface area contributed by atoms with Gasteiger partial charge in [0.1, 0.15) is 87.9 Å². The lowest BCUT2D eigenvalue weighted by Crippen LogP contribution is -2.49. The van der Waals surface area contributed by atoms with Crippen LogP contribution in [0.2, 0.25) is 0 Å². The fourth-order valence-electron chi connectivity index (χ4n) is 8.66. The van der Waals surface area contributed by atoms with Gasteiger partial charge in [0.05, 0.1) is 82.7 Å². The van der Waals surface area contributed by atoms with Crippen LogP contribution in [0.3, 0.4) is 0 Å². The Hall–Kier alpha value is 6.03. The largest absolute Gasteiger partial charge is 0.394 e. The lowest BCUT2D eigenvalue weighted by Gasteiger charge is -2.36. The van der Waals surface area contributed by atoms with Gasteiger partial charge in [0, 0.05) is 66.3 Å². The molecular weight excluding hydrogens is 1590 g/mol. The summed E-state index contributed by atoms with van der Waals surface area (Å²) in [6.07, 6.45) is -1.90. The standard InChI is InChI=1S/C9H18BO4P5.C9H22O5P8.C9H18O5P4.C8H11BO4.C6H14O5P4.5CH4/c1-3-4-9(14-19(17)18-16)7(11-2)6(5-12-15)13-8(9)10;1-3-4-9(14-22(19)20-16)7(10-2)6(5-11-15)12-8(9)13-21(17)18;1-3-4-9(10)7(11-2)6(5-12-15)13-8(9)14-18(16)17;1-2-3-8(12)6(11)5(4-10)13-7(8)9;1-8-5-3(2-9-12)10-6(4(5)7)11-15(13)14;;;;;/h4,6-8,18H,1,5,15-17H2,2H3;4,6-8,20H,1,5,15-19H2,2H3;4,6-8,10H,1,5,15-17H2,2H3;3,5-7,10-12H,1,4H2;3,5-6H,2,12-14H2,1H3;5*1H4/t6-,7?,8-,9-,19?;6-,7?,8?,9-,22?;6-,7?,8?,9-;5-,6?,7-,8-;3-,5?,6?;;;;;/m11111...../s1. The van der Waals surface area contributed by atoms with Gasteiger partial charge in [-0.15, -0.1) is 40.8 Å². The molecule has 0 bridgehead atoms. The average molecular weight is 1700 g/mol. The van der Waals surface area contributed by atoms with E-state index in [1.54, 1.807) is 26.4 Å². The second kappa shape index (κ2) is 56.3. The summed E-state index contributed by atoms with van der Waals surface area (Å²) >= 11 is 0. The molecule has 0 aromatic carbocycles. The zero-order chi connectivity index (χ0) is 66.5. The lowest BCUT2D eigenvalue weighted by molar-refractivity contribution is -0.138. The Balaban J connectivity index is -0.000000341. The van der Waals surface area contributed by atoms with Crippen molar-refractivity contribution in [3.8, 4) is 0 Å². The van der Waals surface area contributed by atoms with E-state index in [9.17, 15) is 20.1 Å². The van der Waals surface area contributed by atoms with E-state index in [1.807, 2.05) is 0 Å². The number of ketones is 1. The minimum Gasteiger partial charge on any atom is -0.394 e. The smallest absolute Gasteiger partial charge is 0.225 e. The van der Waals surface area contributed by atoms with E-state index in [1.165, 1.54) is 20.3 Å². The Kier molecular flexibility index (Phi) is 65.3. The van der Waals surface area contributed by atoms with Crippen molar-refractivity contribution in [2.75, 3.05) is 61.5 Å². The maximum atomic E-state index is 11.7. The molecule has 26 unspecified atom stereocenters. The van der Waals surface area contributed by atoms with Crippen LogP contribution >= 0.6 is 181 Å². The molecule has 5 fully saturated rings. The van der Waals surface area contributed by atoms with Crippen molar-refractivity contribution in [1.29, 1.82) is 0 Å². The minimum atomic E-state index is -1.71. The average Bonchev–Trinajstić information content (AvgIpc) is 1.62. The molecule has 0 aliphatic carbocycles.